The summed E-state index contributed by atoms with van der Waals surface area (Å²) >= 11 is 15.7. The summed E-state index contributed by atoms with van der Waals surface area (Å²) in [4.78, 5) is 0. The van der Waals surface area contributed by atoms with Crippen molar-refractivity contribution in [1.82, 2.24) is 0 Å². The molecule has 0 bridgehead atoms. The molecular formula is C7H14Cl3O5P. The van der Waals surface area contributed by atoms with Gasteiger partial charge in [-0.25, -0.2) is 0 Å². The van der Waals surface area contributed by atoms with Crippen molar-refractivity contribution in [3.8, 4) is 0 Å². The van der Waals surface area contributed by atoms with Crippen molar-refractivity contribution in [3.63, 3.8) is 0 Å². The van der Waals surface area contributed by atoms with Crippen LogP contribution in [0, 0.1) is 0 Å². The van der Waals surface area contributed by atoms with E-state index in [2.05, 4.69) is 4.52 Å². The van der Waals surface area contributed by atoms with Gasteiger partial charge in [-0.3, -0.25) is 9.09 Å². The summed E-state index contributed by atoms with van der Waals surface area (Å²) in [5.74, 6) is 0. The van der Waals surface area contributed by atoms with Crippen LogP contribution in [0.1, 0.15) is 13.8 Å². The maximum atomic E-state index is 11.1. The lowest BCUT2D eigenvalue weighted by molar-refractivity contribution is -0.0143. The van der Waals surface area contributed by atoms with E-state index in [-0.39, 0.29) is 19.3 Å². The van der Waals surface area contributed by atoms with E-state index in [4.69, 9.17) is 49.2 Å². The van der Waals surface area contributed by atoms with Crippen molar-refractivity contribution in [2.24, 2.45) is 0 Å². The highest BCUT2D eigenvalue weighted by Gasteiger charge is 2.24. The van der Waals surface area contributed by atoms with Crippen LogP contribution in [-0.2, 0) is 18.3 Å². The maximum absolute atomic E-state index is 11.1. The Morgan fingerprint density at radius 1 is 1.31 bits per heavy atom. The van der Waals surface area contributed by atoms with Crippen LogP contribution in [0.25, 0.3) is 0 Å². The molecule has 16 heavy (non-hydrogen) atoms. The first kappa shape index (κ1) is 16.9. The van der Waals surface area contributed by atoms with Gasteiger partial charge in [0.2, 0.25) is 0 Å². The molecule has 0 aliphatic carbocycles. The molecule has 0 amide bonds. The largest absolute Gasteiger partial charge is 0.391 e. The van der Waals surface area contributed by atoms with E-state index in [1.165, 1.54) is 0 Å². The van der Waals surface area contributed by atoms with Gasteiger partial charge in [0.1, 0.15) is 0 Å². The minimum atomic E-state index is -2.87. The molecule has 3 atom stereocenters. The van der Waals surface area contributed by atoms with Crippen LogP contribution < -0.4 is 0 Å². The van der Waals surface area contributed by atoms with Crippen molar-refractivity contribution in [3.05, 3.63) is 0 Å². The molecule has 0 spiro atoms. The van der Waals surface area contributed by atoms with Crippen molar-refractivity contribution in [2.75, 3.05) is 13.2 Å². The van der Waals surface area contributed by atoms with Crippen LogP contribution in [0.5, 0.6) is 0 Å². The number of ether oxygens (including phenoxy) is 1. The van der Waals surface area contributed by atoms with E-state index in [9.17, 15) is 4.57 Å². The zero-order valence-corrected chi connectivity index (χ0v) is 12.1. The predicted molar refractivity (Wildman–Crippen MR) is 63.4 cm³/mol. The van der Waals surface area contributed by atoms with Crippen molar-refractivity contribution in [2.45, 2.75) is 30.0 Å². The van der Waals surface area contributed by atoms with Crippen molar-refractivity contribution < 1.29 is 23.5 Å². The minimum Gasteiger partial charge on any atom is -0.391 e. The molecule has 0 aromatic heterocycles. The molecule has 0 aliphatic heterocycles. The third-order valence-electron chi connectivity index (χ3n) is 1.26. The summed E-state index contributed by atoms with van der Waals surface area (Å²) in [6.45, 7) is 3.46. The molecule has 0 saturated carbocycles. The van der Waals surface area contributed by atoms with E-state index in [1.54, 1.807) is 13.8 Å². The number of halogens is 3. The average molecular weight is 316 g/mol. The zero-order valence-electron chi connectivity index (χ0n) is 8.78. The second-order valence-electron chi connectivity index (χ2n) is 3.10. The van der Waals surface area contributed by atoms with E-state index in [1.807, 2.05) is 0 Å². The second-order valence-corrected chi connectivity index (χ2v) is 6.27. The molecule has 0 aliphatic rings. The van der Waals surface area contributed by atoms with Crippen LogP contribution in [0.2, 0.25) is 0 Å². The zero-order chi connectivity index (χ0) is 12.8. The van der Waals surface area contributed by atoms with E-state index < -0.39 is 18.3 Å². The molecule has 9 heteroatoms. The highest BCUT2D eigenvalue weighted by Crippen LogP contribution is 2.39. The van der Waals surface area contributed by atoms with Crippen molar-refractivity contribution in [1.29, 1.82) is 0 Å². The van der Waals surface area contributed by atoms with Crippen LogP contribution in [0.3, 0.4) is 0 Å². The molecular weight excluding hydrogens is 301 g/mol. The monoisotopic (exact) mass is 314 g/mol. The maximum Gasteiger partial charge on any atom is 0.322 e. The average Bonchev–Trinajstić information content (AvgIpc) is 2.08. The van der Waals surface area contributed by atoms with Gasteiger partial charge in [0.15, 0.2) is 0 Å². The number of hydrogen-bond donors (Lipinski definition) is 1. The SMILES string of the molecule is CC(O)COC(C)CO[PH](=O)OC(Cl)(Cl)Cl. The van der Waals surface area contributed by atoms with Crippen molar-refractivity contribution >= 4 is 43.1 Å². The summed E-state index contributed by atoms with van der Waals surface area (Å²) in [5.41, 5.74) is 0. The van der Waals surface area contributed by atoms with E-state index in [0.717, 1.165) is 0 Å². The van der Waals surface area contributed by atoms with E-state index >= 15 is 0 Å². The van der Waals surface area contributed by atoms with Gasteiger partial charge in [-0.2, -0.15) is 0 Å². The van der Waals surface area contributed by atoms with Gasteiger partial charge in [-0.05, 0) is 13.8 Å². The topological polar surface area (TPSA) is 65.0 Å². The van der Waals surface area contributed by atoms with Gasteiger partial charge >= 0.3 is 12.2 Å². The summed E-state index contributed by atoms with van der Waals surface area (Å²) in [5, 5.41) is 8.93. The predicted octanol–water partition coefficient (Wildman–Crippen LogP) is 2.52. The number of aliphatic hydroxyl groups excluding tert-OH is 1. The fourth-order valence-electron chi connectivity index (χ4n) is 0.661. The summed E-state index contributed by atoms with van der Waals surface area (Å²) in [7, 11) is -2.87. The van der Waals surface area contributed by atoms with Crippen LogP contribution in [-0.4, -0.2) is 34.5 Å². The lowest BCUT2D eigenvalue weighted by atomic mass is 10.4. The normalized spacial score (nSPS) is 18.1. The van der Waals surface area contributed by atoms with Gasteiger partial charge in [0.05, 0.1) is 25.4 Å². The fraction of sp³-hybridized carbons (Fsp3) is 1.00. The molecule has 0 heterocycles. The Morgan fingerprint density at radius 3 is 2.31 bits per heavy atom. The molecule has 0 radical (unpaired) electrons. The highest BCUT2D eigenvalue weighted by atomic mass is 35.6. The Labute approximate surface area is 110 Å². The fourth-order valence-corrected chi connectivity index (χ4v) is 1.85. The molecule has 0 saturated heterocycles. The molecule has 3 unspecified atom stereocenters. The molecule has 98 valence electrons. The Kier molecular flexibility index (Phi) is 8.59. The van der Waals surface area contributed by atoms with Crippen LogP contribution >= 0.6 is 43.1 Å². The standard InChI is InChI=1S/C7H14Cl3O5P/c1-5(11)3-13-6(2)4-14-16(12)15-7(8,9)10/h5-6,11,16H,3-4H2,1-2H3. The quantitative estimate of drug-likeness (QED) is 0.578. The Balaban J connectivity index is 3.67. The summed E-state index contributed by atoms with van der Waals surface area (Å²) in [6.07, 6.45) is -0.917. The molecule has 0 fully saturated rings. The Morgan fingerprint density at radius 2 is 1.88 bits per heavy atom. The van der Waals surface area contributed by atoms with Gasteiger partial charge < -0.3 is 14.4 Å². The molecule has 0 rings (SSSR count). The number of rotatable bonds is 7. The third-order valence-corrected chi connectivity index (χ3v) is 2.75. The van der Waals surface area contributed by atoms with Crippen LogP contribution in [0.4, 0.5) is 0 Å². The Bertz CT molecular complexity index is 221. The lowest BCUT2D eigenvalue weighted by Gasteiger charge is -2.16. The first-order chi connectivity index (χ1) is 7.20. The van der Waals surface area contributed by atoms with E-state index in [0.29, 0.717) is 0 Å². The lowest BCUT2D eigenvalue weighted by Crippen LogP contribution is -2.20. The number of alkyl halides is 3. The molecule has 0 aromatic rings. The van der Waals surface area contributed by atoms with Gasteiger partial charge in [0, 0.05) is 0 Å². The number of hydrogen-bond acceptors (Lipinski definition) is 5. The number of aliphatic hydroxyl groups is 1. The molecule has 1 N–H and O–H groups in total. The van der Waals surface area contributed by atoms with Gasteiger partial charge in [0.25, 0.3) is 0 Å². The Hall–Kier alpha value is 0.940. The van der Waals surface area contributed by atoms with Crippen LogP contribution in [0.15, 0.2) is 0 Å². The molecule has 5 nitrogen and oxygen atoms in total. The minimum absolute atomic E-state index is 0.0191. The smallest absolute Gasteiger partial charge is 0.322 e. The summed E-state index contributed by atoms with van der Waals surface area (Å²) in [6, 6.07) is 0. The van der Waals surface area contributed by atoms with Gasteiger partial charge in [-0.15, -0.1) is 0 Å². The first-order valence-electron chi connectivity index (χ1n) is 4.43. The molecule has 0 aromatic carbocycles. The second kappa shape index (κ2) is 8.11. The highest BCUT2D eigenvalue weighted by molar-refractivity contribution is 7.33. The third kappa shape index (κ3) is 11.4. The summed E-state index contributed by atoms with van der Waals surface area (Å²) < 4.78 is 23.4. The van der Waals surface area contributed by atoms with Gasteiger partial charge in [-0.1, -0.05) is 34.8 Å². The first-order valence-corrected chi connectivity index (χ1v) is 6.78.